The average molecular weight is 441 g/mol. The lowest BCUT2D eigenvalue weighted by Crippen LogP contribution is -2.31. The normalized spacial score (nSPS) is 12.5. The smallest absolute Gasteiger partial charge is 0.233 e. The van der Waals surface area contributed by atoms with E-state index in [9.17, 15) is 4.79 Å². The molecule has 4 aromatic rings. The van der Waals surface area contributed by atoms with E-state index < -0.39 is 0 Å². The number of aryl methyl sites for hydroxylation is 1. The predicted octanol–water partition coefficient (Wildman–Crippen LogP) is 5.36. The van der Waals surface area contributed by atoms with Crippen molar-refractivity contribution in [3.8, 4) is 11.5 Å². The number of nitrogens with zero attached hydrogens (tertiary/aromatic N) is 2. The number of hydrogen-bond donors (Lipinski definition) is 0. The number of benzene rings is 2. The molecule has 152 valence electrons. The van der Waals surface area contributed by atoms with Crippen LogP contribution in [0.2, 0.25) is 5.02 Å². The Kier molecular flexibility index (Phi) is 4.84. The van der Waals surface area contributed by atoms with Gasteiger partial charge in [-0.25, -0.2) is 4.98 Å². The van der Waals surface area contributed by atoms with Crippen molar-refractivity contribution in [2.75, 3.05) is 11.7 Å². The Morgan fingerprint density at radius 1 is 1.20 bits per heavy atom. The monoisotopic (exact) mass is 440 g/mol. The summed E-state index contributed by atoms with van der Waals surface area (Å²) in [5, 5.41) is 1.26. The van der Waals surface area contributed by atoms with E-state index in [0.717, 1.165) is 21.3 Å². The highest BCUT2D eigenvalue weighted by atomic mass is 35.5. The summed E-state index contributed by atoms with van der Waals surface area (Å²) in [7, 11) is 0. The second kappa shape index (κ2) is 7.66. The zero-order valence-electron chi connectivity index (χ0n) is 16.1. The molecule has 0 atom stereocenters. The number of amides is 1. The molecule has 0 saturated heterocycles. The molecule has 2 aromatic heterocycles. The molecule has 0 unspecified atom stereocenters. The van der Waals surface area contributed by atoms with E-state index in [1.54, 1.807) is 17.2 Å². The molecule has 0 radical (unpaired) electrons. The Labute approximate surface area is 181 Å². The molecule has 1 aliphatic rings. The number of ether oxygens (including phenoxy) is 2. The van der Waals surface area contributed by atoms with Crippen LogP contribution in [0.1, 0.15) is 16.9 Å². The fraction of sp³-hybridized carbons (Fsp3) is 0.182. The molecule has 0 fully saturated rings. The maximum absolute atomic E-state index is 13.3. The predicted molar refractivity (Wildman–Crippen MR) is 116 cm³/mol. The molecule has 0 N–H and O–H groups in total. The first-order valence-corrected chi connectivity index (χ1v) is 10.5. The summed E-state index contributed by atoms with van der Waals surface area (Å²) in [6, 6.07) is 12.9. The lowest BCUT2D eigenvalue weighted by Gasteiger charge is -2.19. The van der Waals surface area contributed by atoms with Crippen LogP contribution in [0.4, 0.5) is 5.13 Å². The summed E-state index contributed by atoms with van der Waals surface area (Å²) in [6.07, 6.45) is 1.80. The zero-order valence-corrected chi connectivity index (χ0v) is 17.6. The molecule has 0 spiro atoms. The molecule has 0 bridgehead atoms. The van der Waals surface area contributed by atoms with Crippen molar-refractivity contribution >= 4 is 44.2 Å². The highest BCUT2D eigenvalue weighted by Gasteiger charge is 2.23. The van der Waals surface area contributed by atoms with E-state index in [2.05, 4.69) is 0 Å². The second-order valence-electron chi connectivity index (χ2n) is 6.99. The molecule has 6 nitrogen and oxygen atoms in total. The Morgan fingerprint density at radius 3 is 2.90 bits per heavy atom. The van der Waals surface area contributed by atoms with E-state index in [0.29, 0.717) is 34.0 Å². The van der Waals surface area contributed by atoms with Gasteiger partial charge in [-0.1, -0.05) is 29.0 Å². The van der Waals surface area contributed by atoms with E-state index in [1.807, 2.05) is 43.3 Å². The Balaban J connectivity index is 1.48. The highest BCUT2D eigenvalue weighted by Crippen LogP contribution is 2.35. The van der Waals surface area contributed by atoms with E-state index >= 15 is 0 Å². The number of halogens is 1. The molecule has 5 rings (SSSR count). The third-order valence-electron chi connectivity index (χ3n) is 4.86. The third-order valence-corrected chi connectivity index (χ3v) is 6.10. The van der Waals surface area contributed by atoms with Crippen molar-refractivity contribution in [1.82, 2.24) is 4.98 Å². The van der Waals surface area contributed by atoms with Crippen LogP contribution in [0.15, 0.2) is 53.1 Å². The molecule has 1 aliphatic heterocycles. The third kappa shape index (κ3) is 3.62. The Bertz CT molecular complexity index is 1240. The molecular formula is C22H17ClN2O4S. The number of carbonyl (C=O) groups excluding carboxylic acids is 1. The fourth-order valence-electron chi connectivity index (χ4n) is 3.40. The quantitative estimate of drug-likeness (QED) is 0.418. The minimum Gasteiger partial charge on any atom is -0.467 e. The van der Waals surface area contributed by atoms with Gasteiger partial charge < -0.3 is 13.9 Å². The number of thiazole rings is 1. The minimum atomic E-state index is -0.0897. The number of hydrogen-bond acceptors (Lipinski definition) is 6. The average Bonchev–Trinajstić information content (AvgIpc) is 3.46. The highest BCUT2D eigenvalue weighted by molar-refractivity contribution is 7.22. The Morgan fingerprint density at radius 2 is 2.07 bits per heavy atom. The maximum atomic E-state index is 13.3. The molecule has 8 heteroatoms. The molecule has 30 heavy (non-hydrogen) atoms. The molecular weight excluding hydrogens is 424 g/mol. The topological polar surface area (TPSA) is 64.8 Å². The summed E-state index contributed by atoms with van der Waals surface area (Å²) < 4.78 is 17.2. The summed E-state index contributed by atoms with van der Waals surface area (Å²) in [4.78, 5) is 19.7. The van der Waals surface area contributed by atoms with Gasteiger partial charge in [-0.2, -0.15) is 0 Å². The summed E-state index contributed by atoms with van der Waals surface area (Å²) in [5.74, 6) is 1.94. The van der Waals surface area contributed by atoms with Gasteiger partial charge in [-0.05, 0) is 54.4 Å². The van der Waals surface area contributed by atoms with Crippen molar-refractivity contribution in [3.63, 3.8) is 0 Å². The Hall–Kier alpha value is -3.03. The van der Waals surface area contributed by atoms with Gasteiger partial charge in [0, 0.05) is 5.02 Å². The summed E-state index contributed by atoms with van der Waals surface area (Å²) in [6.45, 7) is 2.46. The summed E-state index contributed by atoms with van der Waals surface area (Å²) >= 11 is 7.64. The van der Waals surface area contributed by atoms with Crippen LogP contribution in [-0.2, 0) is 17.8 Å². The van der Waals surface area contributed by atoms with Crippen molar-refractivity contribution in [3.05, 3.63) is 70.6 Å². The maximum Gasteiger partial charge on any atom is 0.233 e. The van der Waals surface area contributed by atoms with Crippen molar-refractivity contribution < 1.29 is 18.7 Å². The van der Waals surface area contributed by atoms with Gasteiger partial charge in [-0.3, -0.25) is 9.69 Å². The van der Waals surface area contributed by atoms with Crippen LogP contribution < -0.4 is 14.4 Å². The number of rotatable bonds is 5. The van der Waals surface area contributed by atoms with Gasteiger partial charge in [0.15, 0.2) is 16.6 Å². The molecule has 3 heterocycles. The molecule has 0 saturated carbocycles. The van der Waals surface area contributed by atoms with Gasteiger partial charge in [0.05, 0.1) is 29.4 Å². The van der Waals surface area contributed by atoms with Crippen molar-refractivity contribution in [1.29, 1.82) is 0 Å². The van der Waals surface area contributed by atoms with Crippen molar-refractivity contribution in [2.45, 2.75) is 19.9 Å². The summed E-state index contributed by atoms with van der Waals surface area (Å²) in [5.41, 5.74) is 2.66. The van der Waals surface area contributed by atoms with Crippen molar-refractivity contribution in [2.24, 2.45) is 0 Å². The van der Waals surface area contributed by atoms with Crippen LogP contribution in [0.5, 0.6) is 11.5 Å². The first kappa shape index (κ1) is 19.0. The standard InChI is InChI=1S/C22H17ClN2O4S/c1-13-7-15(23)10-19-21(13)24-22(30-19)25(11-16-3-2-6-27-16)20(26)9-14-4-5-17-18(8-14)29-12-28-17/h2-8,10H,9,11-12H2,1H3. The second-order valence-corrected chi connectivity index (χ2v) is 8.44. The SMILES string of the molecule is Cc1cc(Cl)cc2sc(N(Cc3ccco3)C(=O)Cc3ccc4c(c3)OCO4)nc12. The molecule has 1 amide bonds. The fourth-order valence-corrected chi connectivity index (χ4v) is 4.84. The number of furan rings is 1. The van der Waals surface area contributed by atoms with Gasteiger partial charge in [0.2, 0.25) is 12.7 Å². The molecule has 2 aromatic carbocycles. The van der Waals surface area contributed by atoms with Crippen LogP contribution in [0, 0.1) is 6.92 Å². The number of carbonyl (C=O) groups is 1. The van der Waals surface area contributed by atoms with E-state index in [-0.39, 0.29) is 19.1 Å². The first-order chi connectivity index (χ1) is 14.6. The molecule has 0 aliphatic carbocycles. The largest absolute Gasteiger partial charge is 0.467 e. The van der Waals surface area contributed by atoms with Crippen LogP contribution >= 0.6 is 22.9 Å². The van der Waals surface area contributed by atoms with Gasteiger partial charge in [-0.15, -0.1) is 0 Å². The number of anilines is 1. The zero-order chi connectivity index (χ0) is 20.7. The lowest BCUT2D eigenvalue weighted by molar-refractivity contribution is -0.118. The lowest BCUT2D eigenvalue weighted by atomic mass is 10.1. The van der Waals surface area contributed by atoms with Crippen LogP contribution in [-0.4, -0.2) is 17.7 Å². The van der Waals surface area contributed by atoms with Gasteiger partial charge in [0.25, 0.3) is 0 Å². The number of aromatic nitrogens is 1. The van der Waals surface area contributed by atoms with Crippen LogP contribution in [0.3, 0.4) is 0 Å². The number of fused-ring (bicyclic) bond motifs is 2. The first-order valence-electron chi connectivity index (χ1n) is 9.35. The minimum absolute atomic E-state index is 0.0897. The van der Waals surface area contributed by atoms with Gasteiger partial charge in [0.1, 0.15) is 5.76 Å². The van der Waals surface area contributed by atoms with Crippen LogP contribution in [0.25, 0.3) is 10.2 Å². The van der Waals surface area contributed by atoms with E-state index in [4.69, 9.17) is 30.5 Å². The van der Waals surface area contributed by atoms with Gasteiger partial charge >= 0.3 is 0 Å². The van der Waals surface area contributed by atoms with E-state index in [1.165, 1.54) is 11.3 Å².